The van der Waals surface area contributed by atoms with Gasteiger partial charge < -0.3 is 11.1 Å². The molecule has 16 heavy (non-hydrogen) atoms. The second-order valence-corrected chi connectivity index (χ2v) is 6.34. The minimum atomic E-state index is -3.64. The zero-order valence-electron chi connectivity index (χ0n) is 9.13. The van der Waals surface area contributed by atoms with E-state index in [0.717, 1.165) is 4.31 Å². The van der Waals surface area contributed by atoms with Gasteiger partial charge >= 0.3 is 0 Å². The van der Waals surface area contributed by atoms with Crippen LogP contribution in [-0.2, 0) is 14.8 Å². The number of piperazine rings is 1. The number of nitrogens with one attached hydrogen (secondary N) is 1. The number of rotatable bonds is 3. The maximum atomic E-state index is 12.1. The van der Waals surface area contributed by atoms with E-state index in [1.165, 1.54) is 6.92 Å². The highest BCUT2D eigenvalue weighted by Gasteiger charge is 2.38. The van der Waals surface area contributed by atoms with Crippen molar-refractivity contribution in [1.29, 1.82) is 0 Å². The fraction of sp³-hybridized carbons (Fsp3) is 0.750. The van der Waals surface area contributed by atoms with Crippen LogP contribution in [0.15, 0.2) is 0 Å². The van der Waals surface area contributed by atoms with E-state index in [-0.39, 0.29) is 17.4 Å². The van der Waals surface area contributed by atoms with Gasteiger partial charge in [-0.05, 0) is 13.8 Å². The van der Waals surface area contributed by atoms with Gasteiger partial charge in [-0.25, -0.2) is 8.42 Å². The van der Waals surface area contributed by atoms with Crippen LogP contribution >= 0.6 is 12.2 Å². The molecule has 0 radical (unpaired) electrons. The molecule has 2 atom stereocenters. The number of hydrogen-bond acceptors (Lipinski definition) is 4. The number of nitrogens with zero attached hydrogens (tertiary/aromatic N) is 1. The maximum absolute atomic E-state index is 12.1. The van der Waals surface area contributed by atoms with Gasteiger partial charge in [0.15, 0.2) is 0 Å². The number of thiocarbonyl (C=S) groups is 1. The van der Waals surface area contributed by atoms with Gasteiger partial charge in [0.1, 0.15) is 11.3 Å². The Morgan fingerprint density at radius 2 is 2.25 bits per heavy atom. The van der Waals surface area contributed by atoms with Crippen LogP contribution in [0.3, 0.4) is 0 Å². The Morgan fingerprint density at radius 1 is 1.69 bits per heavy atom. The van der Waals surface area contributed by atoms with Gasteiger partial charge in [-0.3, -0.25) is 4.79 Å². The van der Waals surface area contributed by atoms with Gasteiger partial charge in [0.05, 0.1) is 4.99 Å². The molecule has 0 aromatic rings. The first-order chi connectivity index (χ1) is 7.28. The van der Waals surface area contributed by atoms with Crippen molar-refractivity contribution < 1.29 is 13.2 Å². The highest BCUT2D eigenvalue weighted by atomic mass is 32.2. The predicted octanol–water partition coefficient (Wildman–Crippen LogP) is -1.19. The third-order valence-corrected chi connectivity index (χ3v) is 5.42. The average Bonchev–Trinajstić information content (AvgIpc) is 2.20. The molecule has 3 N–H and O–H groups in total. The number of carbonyl (C=O) groups excluding carboxylic acids is 1. The highest BCUT2D eigenvalue weighted by molar-refractivity contribution is 7.92. The summed E-state index contributed by atoms with van der Waals surface area (Å²) >= 11 is 4.68. The van der Waals surface area contributed by atoms with E-state index in [0.29, 0.717) is 6.54 Å². The van der Waals surface area contributed by atoms with Gasteiger partial charge in [-0.2, -0.15) is 4.31 Å². The zero-order chi connectivity index (χ0) is 12.5. The zero-order valence-corrected chi connectivity index (χ0v) is 10.8. The molecule has 1 amide bonds. The largest absolute Gasteiger partial charge is 0.392 e. The van der Waals surface area contributed by atoms with Gasteiger partial charge in [0, 0.05) is 13.1 Å². The molecule has 92 valence electrons. The van der Waals surface area contributed by atoms with Crippen LogP contribution in [0, 0.1) is 0 Å². The Balaban J connectivity index is 2.99. The third kappa shape index (κ3) is 2.33. The van der Waals surface area contributed by atoms with Crippen molar-refractivity contribution >= 4 is 33.1 Å². The SMILES string of the molecule is CC1C(=O)NCCN1S(=O)(=O)C(C)C(N)=S. The van der Waals surface area contributed by atoms with Crippen LogP contribution in [0.25, 0.3) is 0 Å². The first-order valence-corrected chi connectivity index (χ1v) is 6.77. The fourth-order valence-electron chi connectivity index (χ4n) is 1.46. The quantitative estimate of drug-likeness (QED) is 0.626. The maximum Gasteiger partial charge on any atom is 0.238 e. The molecule has 0 spiro atoms. The summed E-state index contributed by atoms with van der Waals surface area (Å²) in [6.45, 7) is 3.53. The average molecular weight is 265 g/mol. The van der Waals surface area contributed by atoms with Crippen LogP contribution in [0.5, 0.6) is 0 Å². The predicted molar refractivity (Wildman–Crippen MR) is 64.3 cm³/mol. The molecule has 6 nitrogen and oxygen atoms in total. The summed E-state index contributed by atoms with van der Waals surface area (Å²) in [5.74, 6) is -0.301. The van der Waals surface area contributed by atoms with E-state index in [4.69, 9.17) is 5.73 Å². The van der Waals surface area contributed by atoms with Crippen molar-refractivity contribution in [2.75, 3.05) is 13.1 Å². The third-order valence-electron chi connectivity index (χ3n) is 2.62. The molecule has 1 rings (SSSR count). The summed E-state index contributed by atoms with van der Waals surface area (Å²) in [5, 5.41) is 1.64. The molecule has 0 aromatic heterocycles. The Kier molecular flexibility index (Phi) is 3.87. The molecule has 1 fully saturated rings. The molecular formula is C8H15N3O3S2. The molecule has 0 aliphatic carbocycles. The molecule has 8 heteroatoms. The topological polar surface area (TPSA) is 92.5 Å². The van der Waals surface area contributed by atoms with Crippen molar-refractivity contribution in [3.63, 3.8) is 0 Å². The van der Waals surface area contributed by atoms with Crippen LogP contribution < -0.4 is 11.1 Å². The molecular weight excluding hydrogens is 250 g/mol. The van der Waals surface area contributed by atoms with E-state index >= 15 is 0 Å². The molecule has 0 bridgehead atoms. The molecule has 1 saturated heterocycles. The molecule has 0 aromatic carbocycles. The van der Waals surface area contributed by atoms with E-state index in [1.54, 1.807) is 6.92 Å². The Hall–Kier alpha value is -0.730. The van der Waals surface area contributed by atoms with Gasteiger partial charge in [0.25, 0.3) is 0 Å². The Labute approximate surface area is 100 Å². The Bertz CT molecular complexity index is 407. The minimum Gasteiger partial charge on any atom is -0.392 e. The number of carbonyl (C=O) groups is 1. The van der Waals surface area contributed by atoms with Crippen molar-refractivity contribution in [1.82, 2.24) is 9.62 Å². The van der Waals surface area contributed by atoms with E-state index in [9.17, 15) is 13.2 Å². The normalized spacial score (nSPS) is 24.9. The molecule has 2 unspecified atom stereocenters. The van der Waals surface area contributed by atoms with Crippen LogP contribution in [-0.4, -0.2) is 48.0 Å². The van der Waals surface area contributed by atoms with Crippen LogP contribution in [0.4, 0.5) is 0 Å². The molecule has 0 saturated carbocycles. The van der Waals surface area contributed by atoms with Crippen LogP contribution in [0.2, 0.25) is 0 Å². The number of nitrogens with two attached hydrogens (primary N) is 1. The summed E-state index contributed by atoms with van der Waals surface area (Å²) < 4.78 is 25.3. The highest BCUT2D eigenvalue weighted by Crippen LogP contribution is 2.15. The molecule has 1 aliphatic heterocycles. The van der Waals surface area contributed by atoms with Gasteiger partial charge in [-0.1, -0.05) is 12.2 Å². The van der Waals surface area contributed by atoms with Crippen LogP contribution in [0.1, 0.15) is 13.8 Å². The first kappa shape index (κ1) is 13.3. The fourth-order valence-corrected chi connectivity index (χ4v) is 3.41. The summed E-state index contributed by atoms with van der Waals surface area (Å²) in [7, 11) is -3.64. The lowest BCUT2D eigenvalue weighted by Gasteiger charge is -2.33. The van der Waals surface area contributed by atoms with Crippen molar-refractivity contribution in [2.24, 2.45) is 5.73 Å². The Morgan fingerprint density at radius 3 is 2.75 bits per heavy atom. The van der Waals surface area contributed by atoms with E-state index in [1.807, 2.05) is 0 Å². The molecule has 1 aliphatic rings. The number of sulfonamides is 1. The second kappa shape index (κ2) is 4.64. The smallest absolute Gasteiger partial charge is 0.238 e. The lowest BCUT2D eigenvalue weighted by Crippen LogP contribution is -2.58. The number of amides is 1. The standard InChI is InChI=1S/C8H15N3O3S2/c1-5-8(12)10-3-4-11(5)16(13,14)6(2)7(9)15/h5-6H,3-4H2,1-2H3,(H2,9,15)(H,10,12). The monoisotopic (exact) mass is 265 g/mol. The first-order valence-electron chi connectivity index (χ1n) is 4.86. The summed E-state index contributed by atoms with van der Waals surface area (Å²) in [4.78, 5) is 11.3. The summed E-state index contributed by atoms with van der Waals surface area (Å²) in [6.07, 6.45) is 0. The second-order valence-electron chi connectivity index (χ2n) is 3.67. The van der Waals surface area contributed by atoms with E-state index in [2.05, 4.69) is 17.5 Å². The van der Waals surface area contributed by atoms with Crippen molar-refractivity contribution in [2.45, 2.75) is 25.1 Å². The number of hydrogen-bond donors (Lipinski definition) is 2. The molecule has 1 heterocycles. The summed E-state index contributed by atoms with van der Waals surface area (Å²) in [5.41, 5.74) is 5.33. The van der Waals surface area contributed by atoms with Gasteiger partial charge in [-0.15, -0.1) is 0 Å². The summed E-state index contributed by atoms with van der Waals surface area (Å²) in [6, 6.07) is -0.712. The van der Waals surface area contributed by atoms with Gasteiger partial charge in [0.2, 0.25) is 15.9 Å². The minimum absolute atomic E-state index is 0.0850. The van der Waals surface area contributed by atoms with E-state index < -0.39 is 21.3 Å². The lowest BCUT2D eigenvalue weighted by atomic mass is 10.2. The van der Waals surface area contributed by atoms with Crippen molar-refractivity contribution in [3.05, 3.63) is 0 Å². The van der Waals surface area contributed by atoms with Crippen molar-refractivity contribution in [3.8, 4) is 0 Å². The lowest BCUT2D eigenvalue weighted by molar-refractivity contribution is -0.126.